The van der Waals surface area contributed by atoms with Crippen molar-refractivity contribution in [3.8, 4) is 0 Å². The summed E-state index contributed by atoms with van der Waals surface area (Å²) in [6.07, 6.45) is 3.96. The lowest BCUT2D eigenvalue weighted by Crippen LogP contribution is -2.29. The lowest BCUT2D eigenvalue weighted by atomic mass is 10.1. The molecule has 0 unspecified atom stereocenters. The Morgan fingerprint density at radius 1 is 0.815 bits per heavy atom. The van der Waals surface area contributed by atoms with Crippen LogP contribution in [0.2, 0.25) is 0 Å². The van der Waals surface area contributed by atoms with E-state index >= 15 is 0 Å². The summed E-state index contributed by atoms with van der Waals surface area (Å²) in [6.45, 7) is 3.90. The van der Waals surface area contributed by atoms with E-state index in [-0.39, 0.29) is 5.91 Å². The molecule has 1 aliphatic rings. The van der Waals surface area contributed by atoms with Crippen LogP contribution in [0.25, 0.3) is 10.8 Å². The number of fused-ring (bicyclic) bond motifs is 1. The molecule has 138 valence electrons. The Labute approximate surface area is 161 Å². The average Bonchev–Trinajstić information content (AvgIpc) is 2.73. The second-order valence-electron chi connectivity index (χ2n) is 7.40. The van der Waals surface area contributed by atoms with Gasteiger partial charge in [0.25, 0.3) is 5.91 Å². The molecule has 0 aliphatic carbocycles. The van der Waals surface area contributed by atoms with Crippen LogP contribution >= 0.6 is 0 Å². The van der Waals surface area contributed by atoms with Crippen molar-refractivity contribution in [1.82, 2.24) is 10.2 Å². The lowest BCUT2D eigenvalue weighted by molar-refractivity contribution is 0.0951. The Bertz CT molecular complexity index is 911. The Kier molecular flexibility index (Phi) is 5.50. The zero-order chi connectivity index (χ0) is 18.5. The minimum absolute atomic E-state index is 0.0207. The first-order valence-electron chi connectivity index (χ1n) is 9.85. The Morgan fingerprint density at radius 2 is 1.52 bits per heavy atom. The number of amides is 1. The highest BCUT2D eigenvalue weighted by molar-refractivity contribution is 5.94. The van der Waals surface area contributed by atoms with E-state index in [2.05, 4.69) is 52.7 Å². The van der Waals surface area contributed by atoms with Gasteiger partial charge in [-0.1, -0.05) is 55.0 Å². The fourth-order valence-corrected chi connectivity index (χ4v) is 3.77. The molecule has 0 bridgehead atoms. The van der Waals surface area contributed by atoms with Crippen LogP contribution < -0.4 is 5.32 Å². The van der Waals surface area contributed by atoms with Crippen LogP contribution in [0.5, 0.6) is 0 Å². The predicted molar refractivity (Wildman–Crippen MR) is 111 cm³/mol. The molecule has 27 heavy (non-hydrogen) atoms. The van der Waals surface area contributed by atoms with E-state index in [1.54, 1.807) is 0 Å². The van der Waals surface area contributed by atoms with Gasteiger partial charge < -0.3 is 5.32 Å². The van der Waals surface area contributed by atoms with Gasteiger partial charge in [0.1, 0.15) is 0 Å². The van der Waals surface area contributed by atoms with Gasteiger partial charge in [0.2, 0.25) is 0 Å². The molecule has 0 spiro atoms. The minimum Gasteiger partial charge on any atom is -0.348 e. The van der Waals surface area contributed by atoms with Crippen molar-refractivity contribution >= 4 is 16.7 Å². The van der Waals surface area contributed by atoms with E-state index in [9.17, 15) is 4.79 Å². The number of likely N-dealkylation sites (tertiary alicyclic amines) is 1. The third-order valence-electron chi connectivity index (χ3n) is 5.34. The molecule has 4 rings (SSSR count). The van der Waals surface area contributed by atoms with E-state index in [0.29, 0.717) is 6.54 Å². The topological polar surface area (TPSA) is 32.3 Å². The third kappa shape index (κ3) is 4.55. The van der Waals surface area contributed by atoms with Crippen molar-refractivity contribution in [2.24, 2.45) is 0 Å². The molecule has 3 aromatic carbocycles. The molecule has 1 amide bonds. The van der Waals surface area contributed by atoms with Crippen molar-refractivity contribution in [2.45, 2.75) is 32.4 Å². The van der Waals surface area contributed by atoms with Crippen LogP contribution in [0.4, 0.5) is 0 Å². The fourth-order valence-electron chi connectivity index (χ4n) is 3.77. The fraction of sp³-hybridized carbons (Fsp3) is 0.292. The second-order valence-corrected chi connectivity index (χ2v) is 7.40. The van der Waals surface area contributed by atoms with Gasteiger partial charge in [-0.05, 0) is 66.0 Å². The quantitative estimate of drug-likeness (QED) is 0.713. The van der Waals surface area contributed by atoms with Crippen LogP contribution in [-0.2, 0) is 13.1 Å². The number of rotatable bonds is 5. The Hall–Kier alpha value is -2.65. The monoisotopic (exact) mass is 358 g/mol. The lowest BCUT2D eigenvalue weighted by Gasteiger charge is -2.26. The summed E-state index contributed by atoms with van der Waals surface area (Å²) >= 11 is 0. The van der Waals surface area contributed by atoms with Crippen LogP contribution in [0, 0.1) is 0 Å². The van der Waals surface area contributed by atoms with Gasteiger partial charge in [0, 0.05) is 18.7 Å². The highest BCUT2D eigenvalue weighted by Gasteiger charge is 2.11. The summed E-state index contributed by atoms with van der Waals surface area (Å²) in [7, 11) is 0. The van der Waals surface area contributed by atoms with E-state index in [1.807, 2.05) is 24.3 Å². The van der Waals surface area contributed by atoms with Gasteiger partial charge in [0.15, 0.2) is 0 Å². The largest absolute Gasteiger partial charge is 0.348 e. The minimum atomic E-state index is -0.0207. The second kappa shape index (κ2) is 8.36. The zero-order valence-corrected chi connectivity index (χ0v) is 15.7. The molecule has 1 fully saturated rings. The van der Waals surface area contributed by atoms with Crippen LogP contribution in [0.1, 0.15) is 40.7 Å². The van der Waals surface area contributed by atoms with Gasteiger partial charge in [0.05, 0.1) is 0 Å². The standard InChI is InChI=1S/C24H26N2O/c27-24(25-17-20-10-11-21-6-2-3-7-23(21)16-20)22-12-8-19(9-13-22)18-26-14-4-1-5-15-26/h2-3,6-13,16H,1,4-5,14-15,17-18H2,(H,25,27). The van der Waals surface area contributed by atoms with E-state index in [0.717, 1.165) is 17.7 Å². The molecule has 1 N–H and O–H groups in total. The van der Waals surface area contributed by atoms with Gasteiger partial charge >= 0.3 is 0 Å². The molecule has 0 saturated carbocycles. The van der Waals surface area contributed by atoms with Crippen LogP contribution in [0.15, 0.2) is 66.7 Å². The van der Waals surface area contributed by atoms with Gasteiger partial charge in [-0.3, -0.25) is 9.69 Å². The van der Waals surface area contributed by atoms with Gasteiger partial charge in [-0.25, -0.2) is 0 Å². The number of nitrogens with zero attached hydrogens (tertiary/aromatic N) is 1. The SMILES string of the molecule is O=C(NCc1ccc2ccccc2c1)c1ccc(CN2CCCCC2)cc1. The molecular formula is C24H26N2O. The maximum Gasteiger partial charge on any atom is 0.251 e. The predicted octanol–water partition coefficient (Wildman–Crippen LogP) is 4.76. The van der Waals surface area contributed by atoms with Crippen LogP contribution in [0.3, 0.4) is 0 Å². The summed E-state index contributed by atoms with van der Waals surface area (Å²) in [6, 6.07) is 22.6. The Morgan fingerprint density at radius 3 is 2.30 bits per heavy atom. The van der Waals surface area contributed by atoms with Crippen molar-refractivity contribution in [1.29, 1.82) is 0 Å². The molecule has 3 aromatic rings. The first-order valence-corrected chi connectivity index (χ1v) is 9.85. The summed E-state index contributed by atoms with van der Waals surface area (Å²) in [5, 5.41) is 5.45. The summed E-state index contributed by atoms with van der Waals surface area (Å²) in [5.74, 6) is -0.0207. The normalized spacial score (nSPS) is 15.0. The molecule has 3 heteroatoms. The molecular weight excluding hydrogens is 332 g/mol. The van der Waals surface area contributed by atoms with E-state index in [1.165, 1.54) is 48.7 Å². The van der Waals surface area contributed by atoms with Crippen molar-refractivity contribution in [2.75, 3.05) is 13.1 Å². The van der Waals surface area contributed by atoms with E-state index < -0.39 is 0 Å². The molecule has 0 atom stereocenters. The molecule has 1 saturated heterocycles. The number of hydrogen-bond donors (Lipinski definition) is 1. The number of carbonyl (C=O) groups is 1. The summed E-state index contributed by atoms with van der Waals surface area (Å²) in [4.78, 5) is 15.0. The maximum absolute atomic E-state index is 12.5. The summed E-state index contributed by atoms with van der Waals surface area (Å²) < 4.78 is 0. The number of benzene rings is 3. The number of carbonyl (C=O) groups excluding carboxylic acids is 1. The molecule has 3 nitrogen and oxygen atoms in total. The number of piperidine rings is 1. The van der Waals surface area contributed by atoms with Crippen molar-refractivity contribution in [3.05, 3.63) is 83.4 Å². The Balaban J connectivity index is 1.34. The highest BCUT2D eigenvalue weighted by Crippen LogP contribution is 2.16. The third-order valence-corrected chi connectivity index (χ3v) is 5.34. The average molecular weight is 358 g/mol. The number of hydrogen-bond acceptors (Lipinski definition) is 2. The number of nitrogens with one attached hydrogen (secondary N) is 1. The van der Waals surface area contributed by atoms with Gasteiger partial charge in [-0.15, -0.1) is 0 Å². The van der Waals surface area contributed by atoms with E-state index in [4.69, 9.17) is 0 Å². The highest BCUT2D eigenvalue weighted by atomic mass is 16.1. The smallest absolute Gasteiger partial charge is 0.251 e. The van der Waals surface area contributed by atoms with Crippen molar-refractivity contribution < 1.29 is 4.79 Å². The maximum atomic E-state index is 12.5. The molecule has 0 aromatic heterocycles. The zero-order valence-electron chi connectivity index (χ0n) is 15.7. The van der Waals surface area contributed by atoms with Crippen molar-refractivity contribution in [3.63, 3.8) is 0 Å². The first-order chi connectivity index (χ1) is 13.3. The molecule has 1 aliphatic heterocycles. The van der Waals surface area contributed by atoms with Crippen LogP contribution in [-0.4, -0.2) is 23.9 Å². The van der Waals surface area contributed by atoms with Gasteiger partial charge in [-0.2, -0.15) is 0 Å². The molecule has 1 heterocycles. The molecule has 0 radical (unpaired) electrons. The first kappa shape index (κ1) is 17.7. The summed E-state index contributed by atoms with van der Waals surface area (Å²) in [5.41, 5.74) is 3.12.